The summed E-state index contributed by atoms with van der Waals surface area (Å²) in [4.78, 5) is 37.7. The van der Waals surface area contributed by atoms with Crippen LogP contribution in [0.3, 0.4) is 0 Å². The number of rotatable bonds is 47. The van der Waals surface area contributed by atoms with E-state index >= 15 is 0 Å². The van der Waals surface area contributed by atoms with Gasteiger partial charge in [0, 0.05) is 19.3 Å². The summed E-state index contributed by atoms with van der Waals surface area (Å²) in [6, 6.07) is 0. The minimum Gasteiger partial charge on any atom is -0.462 e. The summed E-state index contributed by atoms with van der Waals surface area (Å²) in [5, 5.41) is 0. The Morgan fingerprint density at radius 3 is 0.702 bits per heavy atom. The highest BCUT2D eigenvalue weighted by molar-refractivity contribution is 5.71. The van der Waals surface area contributed by atoms with Gasteiger partial charge in [0.2, 0.25) is 0 Å². The molecule has 57 heavy (non-hydrogen) atoms. The van der Waals surface area contributed by atoms with Gasteiger partial charge in [0.15, 0.2) is 6.10 Å². The fourth-order valence-corrected chi connectivity index (χ4v) is 7.74. The number of unbranched alkanes of at least 4 members (excludes halogenated alkanes) is 36. The van der Waals surface area contributed by atoms with E-state index in [1.807, 2.05) is 0 Å². The van der Waals surface area contributed by atoms with Crippen LogP contribution in [0, 0.1) is 0 Å². The van der Waals surface area contributed by atoms with Crippen molar-refractivity contribution in [2.45, 2.75) is 297 Å². The molecule has 0 spiro atoms. The summed E-state index contributed by atoms with van der Waals surface area (Å²) in [5.74, 6) is -0.850. The van der Waals surface area contributed by atoms with Gasteiger partial charge in [0.1, 0.15) is 13.2 Å². The van der Waals surface area contributed by atoms with Crippen LogP contribution >= 0.6 is 0 Å². The summed E-state index contributed by atoms with van der Waals surface area (Å²) in [6.45, 7) is 6.64. The minimum absolute atomic E-state index is 0.0624. The van der Waals surface area contributed by atoms with Crippen molar-refractivity contribution in [3.8, 4) is 0 Å². The standard InChI is InChI=1S/C51H98O6/c1-4-7-10-13-16-18-20-22-24-25-26-27-29-30-32-35-38-41-44-50(53)56-47-48(46-55-49(52)43-40-37-34-15-12-9-6-3)57-51(54)45-42-39-36-33-31-28-23-21-19-17-14-11-8-5-2/h48H,4-47H2,1-3H3/t48-/m1/s1. The molecule has 0 rings (SSSR count). The van der Waals surface area contributed by atoms with Crippen molar-refractivity contribution in [1.82, 2.24) is 0 Å². The fourth-order valence-electron chi connectivity index (χ4n) is 7.74. The van der Waals surface area contributed by atoms with Crippen molar-refractivity contribution in [3.05, 3.63) is 0 Å². The molecule has 0 aliphatic heterocycles. The zero-order valence-corrected chi connectivity index (χ0v) is 38.6. The molecule has 1 atom stereocenters. The predicted octanol–water partition coefficient (Wildman–Crippen LogP) is 16.4. The number of hydrogen-bond acceptors (Lipinski definition) is 6. The molecule has 0 bridgehead atoms. The molecule has 0 radical (unpaired) electrons. The molecule has 0 saturated heterocycles. The lowest BCUT2D eigenvalue weighted by atomic mass is 10.0. The van der Waals surface area contributed by atoms with Gasteiger partial charge in [0.25, 0.3) is 0 Å². The van der Waals surface area contributed by atoms with Crippen LogP contribution in [0.25, 0.3) is 0 Å². The van der Waals surface area contributed by atoms with Gasteiger partial charge in [-0.05, 0) is 19.3 Å². The van der Waals surface area contributed by atoms with Gasteiger partial charge < -0.3 is 14.2 Å². The van der Waals surface area contributed by atoms with Crippen molar-refractivity contribution < 1.29 is 28.6 Å². The molecule has 0 N–H and O–H groups in total. The van der Waals surface area contributed by atoms with Crippen molar-refractivity contribution in [2.24, 2.45) is 0 Å². The molecule has 0 aromatic heterocycles. The predicted molar refractivity (Wildman–Crippen MR) is 243 cm³/mol. The second-order valence-corrected chi connectivity index (χ2v) is 17.5. The molecule has 0 aromatic carbocycles. The maximum absolute atomic E-state index is 12.7. The number of esters is 3. The zero-order valence-electron chi connectivity index (χ0n) is 38.6. The van der Waals surface area contributed by atoms with E-state index in [9.17, 15) is 14.4 Å². The average Bonchev–Trinajstić information content (AvgIpc) is 3.21. The Morgan fingerprint density at radius 1 is 0.281 bits per heavy atom. The third-order valence-corrected chi connectivity index (χ3v) is 11.6. The Labute approximate surface area is 355 Å². The van der Waals surface area contributed by atoms with Crippen LogP contribution in [0.5, 0.6) is 0 Å². The van der Waals surface area contributed by atoms with E-state index in [1.54, 1.807) is 0 Å². The first-order valence-electron chi connectivity index (χ1n) is 25.5. The maximum Gasteiger partial charge on any atom is 0.306 e. The number of hydrogen-bond donors (Lipinski definition) is 0. The number of carbonyl (C=O) groups excluding carboxylic acids is 3. The monoisotopic (exact) mass is 807 g/mol. The lowest BCUT2D eigenvalue weighted by Crippen LogP contribution is -2.30. The van der Waals surface area contributed by atoms with Gasteiger partial charge in [0.05, 0.1) is 0 Å². The van der Waals surface area contributed by atoms with Crippen LogP contribution in [-0.4, -0.2) is 37.2 Å². The van der Waals surface area contributed by atoms with Crippen molar-refractivity contribution in [3.63, 3.8) is 0 Å². The van der Waals surface area contributed by atoms with E-state index < -0.39 is 6.10 Å². The third kappa shape index (κ3) is 45.3. The van der Waals surface area contributed by atoms with E-state index in [4.69, 9.17) is 14.2 Å². The van der Waals surface area contributed by atoms with Crippen LogP contribution < -0.4 is 0 Å². The van der Waals surface area contributed by atoms with E-state index in [2.05, 4.69) is 20.8 Å². The molecule has 6 nitrogen and oxygen atoms in total. The Morgan fingerprint density at radius 2 is 0.474 bits per heavy atom. The van der Waals surface area contributed by atoms with Crippen molar-refractivity contribution in [1.29, 1.82) is 0 Å². The first kappa shape index (κ1) is 55.4. The summed E-state index contributed by atoms with van der Waals surface area (Å²) in [6.07, 6.45) is 49.6. The Kier molecular flexibility index (Phi) is 45.8. The van der Waals surface area contributed by atoms with E-state index in [1.165, 1.54) is 193 Å². The van der Waals surface area contributed by atoms with Crippen LogP contribution in [0.4, 0.5) is 0 Å². The molecule has 0 aliphatic rings. The lowest BCUT2D eigenvalue weighted by molar-refractivity contribution is -0.167. The number of carbonyl (C=O) groups is 3. The molecule has 338 valence electrons. The topological polar surface area (TPSA) is 78.9 Å². The molecular weight excluding hydrogens is 709 g/mol. The number of ether oxygens (including phenoxy) is 3. The molecule has 0 saturated carbocycles. The Balaban J connectivity index is 4.18. The van der Waals surface area contributed by atoms with E-state index in [-0.39, 0.29) is 31.1 Å². The first-order valence-corrected chi connectivity index (χ1v) is 25.5. The third-order valence-electron chi connectivity index (χ3n) is 11.6. The summed E-state index contributed by atoms with van der Waals surface area (Å²) < 4.78 is 16.7. The minimum atomic E-state index is -0.758. The zero-order chi connectivity index (χ0) is 41.5. The second kappa shape index (κ2) is 47.1. The van der Waals surface area contributed by atoms with Crippen molar-refractivity contribution >= 4 is 17.9 Å². The highest BCUT2D eigenvalue weighted by Crippen LogP contribution is 2.17. The molecule has 0 amide bonds. The van der Waals surface area contributed by atoms with Crippen LogP contribution in [-0.2, 0) is 28.6 Å². The molecule has 0 unspecified atom stereocenters. The summed E-state index contributed by atoms with van der Waals surface area (Å²) in [5.41, 5.74) is 0. The molecule has 0 heterocycles. The van der Waals surface area contributed by atoms with Crippen LogP contribution in [0.15, 0.2) is 0 Å². The van der Waals surface area contributed by atoms with E-state index in [0.717, 1.165) is 57.8 Å². The smallest absolute Gasteiger partial charge is 0.306 e. The molecule has 0 aliphatic carbocycles. The lowest BCUT2D eigenvalue weighted by Gasteiger charge is -2.18. The molecule has 6 heteroatoms. The highest BCUT2D eigenvalue weighted by Gasteiger charge is 2.19. The average molecular weight is 807 g/mol. The normalized spacial score (nSPS) is 11.8. The van der Waals surface area contributed by atoms with E-state index in [0.29, 0.717) is 19.3 Å². The van der Waals surface area contributed by atoms with Gasteiger partial charge in [-0.15, -0.1) is 0 Å². The van der Waals surface area contributed by atoms with Gasteiger partial charge in [-0.1, -0.05) is 252 Å². The molecule has 0 aromatic rings. The Hall–Kier alpha value is -1.59. The van der Waals surface area contributed by atoms with Gasteiger partial charge in [-0.25, -0.2) is 0 Å². The summed E-state index contributed by atoms with van der Waals surface area (Å²) in [7, 11) is 0. The largest absolute Gasteiger partial charge is 0.462 e. The SMILES string of the molecule is CCCCCCCCCCCCCCCCCCCCC(=O)OC[C@@H](COC(=O)CCCCCCCCC)OC(=O)CCCCCCCCCCCCCCCC. The maximum atomic E-state index is 12.7. The van der Waals surface area contributed by atoms with Gasteiger partial charge in [-0.2, -0.15) is 0 Å². The summed E-state index contributed by atoms with van der Waals surface area (Å²) >= 11 is 0. The van der Waals surface area contributed by atoms with Gasteiger partial charge in [-0.3, -0.25) is 14.4 Å². The quantitative estimate of drug-likeness (QED) is 0.0346. The Bertz CT molecular complexity index is 844. The fraction of sp³-hybridized carbons (Fsp3) is 0.941. The molecular formula is C51H98O6. The van der Waals surface area contributed by atoms with Crippen LogP contribution in [0.1, 0.15) is 290 Å². The van der Waals surface area contributed by atoms with Crippen LogP contribution in [0.2, 0.25) is 0 Å². The van der Waals surface area contributed by atoms with Gasteiger partial charge >= 0.3 is 17.9 Å². The highest BCUT2D eigenvalue weighted by atomic mass is 16.6. The first-order chi connectivity index (χ1) is 28.0. The second-order valence-electron chi connectivity index (χ2n) is 17.5. The van der Waals surface area contributed by atoms with Crippen molar-refractivity contribution in [2.75, 3.05) is 13.2 Å². The molecule has 0 fully saturated rings.